The molecule has 5 rings (SSSR count). The Kier molecular flexibility index (Phi) is 9.95. The van der Waals surface area contributed by atoms with Crippen molar-refractivity contribution in [3.05, 3.63) is 88.7 Å². The highest BCUT2D eigenvalue weighted by atomic mass is 79.9. The van der Waals surface area contributed by atoms with Gasteiger partial charge < -0.3 is 14.8 Å². The van der Waals surface area contributed by atoms with E-state index in [4.69, 9.17) is 4.42 Å². The summed E-state index contributed by atoms with van der Waals surface area (Å²) in [7, 11) is -8.43. The fraction of sp³-hybridized carbons (Fsp3) is 0.286. The van der Waals surface area contributed by atoms with Gasteiger partial charge in [-0.3, -0.25) is 4.55 Å². The number of aliphatic hydroxyl groups is 1. The van der Waals surface area contributed by atoms with Crippen LogP contribution in [-0.2, 0) is 20.1 Å². The maximum absolute atomic E-state index is 13.4. The van der Waals surface area contributed by atoms with Crippen molar-refractivity contribution in [1.29, 1.82) is 0 Å². The largest absolute Gasteiger partial charge is 0.456 e. The Morgan fingerprint density at radius 3 is 2.29 bits per heavy atom. The summed E-state index contributed by atoms with van der Waals surface area (Å²) >= 11 is 3.43. The van der Waals surface area contributed by atoms with Crippen LogP contribution in [0.1, 0.15) is 41.0 Å². The number of benzene rings is 4. The maximum Gasteiger partial charge on any atom is 0.294 e. The van der Waals surface area contributed by atoms with Crippen LogP contribution in [0.3, 0.4) is 0 Å². The molecule has 1 heterocycles. The molecule has 254 valence electrons. The Bertz CT molecular complexity index is 2260. The van der Waals surface area contributed by atoms with Crippen molar-refractivity contribution < 1.29 is 35.9 Å². The number of hydrogen-bond acceptors (Lipinski definition) is 7. The van der Waals surface area contributed by atoms with Crippen LogP contribution in [0, 0.1) is 5.41 Å². The minimum Gasteiger partial charge on any atom is -0.456 e. The van der Waals surface area contributed by atoms with E-state index in [-0.39, 0.29) is 33.9 Å². The van der Waals surface area contributed by atoms with Gasteiger partial charge in [0.1, 0.15) is 11.3 Å². The predicted octanol–water partition coefficient (Wildman–Crippen LogP) is 5.42. The van der Waals surface area contributed by atoms with Crippen molar-refractivity contribution in [2.75, 3.05) is 18.5 Å². The van der Waals surface area contributed by atoms with Crippen molar-refractivity contribution in [2.24, 2.45) is 5.41 Å². The van der Waals surface area contributed by atoms with Crippen LogP contribution in [0.5, 0.6) is 0 Å². The highest BCUT2D eigenvalue weighted by Crippen LogP contribution is 2.43. The number of aliphatic hydroxyl groups excluding tert-OH is 1. The molecule has 0 fully saturated rings. The average molecular weight is 758 g/mol. The zero-order valence-corrected chi connectivity index (χ0v) is 30.5. The summed E-state index contributed by atoms with van der Waals surface area (Å²) in [6.07, 6.45) is 0.896. The zero-order chi connectivity index (χ0) is 35.1. The molecule has 0 atom stereocenters. The predicted molar refractivity (Wildman–Crippen MR) is 190 cm³/mol. The van der Waals surface area contributed by atoms with E-state index in [1.165, 1.54) is 24.3 Å². The standard InChI is InChI=1S/C35H38BrN3O7S2/c1-34(2,3)21-35(4,5)39-23-11-14-26-31(19-23)46-30-18-22(38-29-20-24(48(43,44)45)12-15-28(29)36)10-13-25(30)33(26)27-8-6-7-9-32(27)47(41,42)37-16-17-40/h6-15,18-20,37-38,40H,16-17,21H2,1-5H3,(H,43,44,45)/p+1. The summed E-state index contributed by atoms with van der Waals surface area (Å²) in [5.74, 6) is 0.510. The highest BCUT2D eigenvalue weighted by molar-refractivity contribution is 9.10. The number of sulfonamides is 1. The number of hydrogen-bond donors (Lipinski definition) is 5. The molecule has 0 bridgehead atoms. The van der Waals surface area contributed by atoms with Crippen molar-refractivity contribution >= 4 is 58.4 Å². The van der Waals surface area contributed by atoms with Gasteiger partial charge in [-0.05, 0) is 77.7 Å². The lowest BCUT2D eigenvalue weighted by molar-refractivity contribution is -0.585. The van der Waals surface area contributed by atoms with Gasteiger partial charge in [-0.2, -0.15) is 8.42 Å². The van der Waals surface area contributed by atoms with Crippen LogP contribution >= 0.6 is 15.9 Å². The van der Waals surface area contributed by atoms with E-state index >= 15 is 0 Å². The van der Waals surface area contributed by atoms with Crippen molar-refractivity contribution in [3.8, 4) is 22.5 Å². The molecule has 3 aromatic rings. The normalized spacial score (nSPS) is 13.4. The van der Waals surface area contributed by atoms with Gasteiger partial charge in [0.15, 0.2) is 5.54 Å². The van der Waals surface area contributed by atoms with Crippen molar-refractivity contribution in [1.82, 2.24) is 4.72 Å². The van der Waals surface area contributed by atoms with Gasteiger partial charge in [0.2, 0.25) is 15.4 Å². The third kappa shape index (κ3) is 8.16. The molecular weight excluding hydrogens is 718 g/mol. The molecule has 0 saturated carbocycles. The zero-order valence-electron chi connectivity index (χ0n) is 27.3. The van der Waals surface area contributed by atoms with E-state index in [2.05, 4.69) is 65.6 Å². The van der Waals surface area contributed by atoms with Crippen molar-refractivity contribution in [3.63, 3.8) is 0 Å². The molecular formula is C35H39BrN3O7S2+. The number of fused-ring (bicyclic) bond motifs is 2. The first-order chi connectivity index (χ1) is 22.4. The van der Waals surface area contributed by atoms with Gasteiger partial charge in [0.25, 0.3) is 10.1 Å². The summed E-state index contributed by atoms with van der Waals surface area (Å²) < 4.78 is 69.6. The second-order valence-corrected chi connectivity index (χ2v) is 17.5. The first-order valence-electron chi connectivity index (χ1n) is 15.2. The summed E-state index contributed by atoms with van der Waals surface area (Å²) in [6.45, 7) is 10.4. The number of nitrogens with one attached hydrogen (secondary N) is 3. The number of anilines is 2. The van der Waals surface area contributed by atoms with Crippen LogP contribution in [0.2, 0.25) is 0 Å². The second-order valence-electron chi connectivity index (χ2n) is 13.5. The van der Waals surface area contributed by atoms with E-state index in [1.54, 1.807) is 36.4 Å². The Hall–Kier alpha value is -3.59. The molecule has 13 heteroatoms. The summed E-state index contributed by atoms with van der Waals surface area (Å²) in [4.78, 5) is 3.40. The van der Waals surface area contributed by atoms with E-state index < -0.39 is 20.1 Å². The summed E-state index contributed by atoms with van der Waals surface area (Å²) in [6, 6.07) is 21.9. The Morgan fingerprint density at radius 2 is 1.60 bits per heavy atom. The fourth-order valence-corrected chi connectivity index (χ4v) is 8.26. The van der Waals surface area contributed by atoms with E-state index in [9.17, 15) is 26.5 Å². The molecule has 0 saturated heterocycles. The third-order valence-corrected chi connectivity index (χ3v) is 10.6. The SMILES string of the molecule is CC(C)(C)CC(C)(C)[NH+]=c1ccc2c(-c3ccccc3S(=O)(=O)NCCO)c3ccc(Nc4cc(S(=O)(=O)O)ccc4Br)cc3oc-2c1. The number of halogens is 1. The Labute approximate surface area is 289 Å². The molecule has 0 unspecified atom stereocenters. The van der Waals surface area contributed by atoms with Crippen LogP contribution in [0.15, 0.2) is 97.5 Å². The van der Waals surface area contributed by atoms with Crippen LogP contribution < -0.4 is 20.4 Å². The molecule has 1 aliphatic heterocycles. The molecule has 2 aliphatic rings. The first kappa shape index (κ1) is 35.7. The van der Waals surface area contributed by atoms with E-state index in [0.29, 0.717) is 49.3 Å². The quantitative estimate of drug-likeness (QED) is 0.0933. The van der Waals surface area contributed by atoms with Crippen LogP contribution in [0.4, 0.5) is 11.4 Å². The Balaban J connectivity index is 1.76. The molecule has 48 heavy (non-hydrogen) atoms. The minimum atomic E-state index is -4.43. The van der Waals surface area contributed by atoms with Crippen LogP contribution in [0.25, 0.3) is 33.4 Å². The average Bonchev–Trinajstić information content (AvgIpc) is 2.98. The summed E-state index contributed by atoms with van der Waals surface area (Å²) in [5, 5.41) is 14.0. The molecule has 0 amide bonds. The molecule has 1 aliphatic carbocycles. The van der Waals surface area contributed by atoms with Gasteiger partial charge in [-0.15, -0.1) is 0 Å². The molecule has 0 radical (unpaired) electrons. The van der Waals surface area contributed by atoms with Gasteiger partial charge in [0, 0.05) is 57.3 Å². The topological polar surface area (TPSA) is 160 Å². The van der Waals surface area contributed by atoms with Gasteiger partial charge in [0.05, 0.1) is 28.2 Å². The third-order valence-electron chi connectivity index (χ3n) is 7.54. The van der Waals surface area contributed by atoms with E-state index in [1.807, 2.05) is 18.2 Å². The van der Waals surface area contributed by atoms with Gasteiger partial charge in [-0.25, -0.2) is 18.1 Å². The smallest absolute Gasteiger partial charge is 0.294 e. The van der Waals surface area contributed by atoms with Gasteiger partial charge in [-0.1, -0.05) is 39.0 Å². The monoisotopic (exact) mass is 756 g/mol. The lowest BCUT2D eigenvalue weighted by atomic mass is 9.82. The number of rotatable bonds is 10. The second kappa shape index (κ2) is 13.4. The maximum atomic E-state index is 13.4. The highest BCUT2D eigenvalue weighted by Gasteiger charge is 2.30. The first-order valence-corrected chi connectivity index (χ1v) is 18.9. The Morgan fingerprint density at radius 1 is 0.875 bits per heavy atom. The molecule has 5 N–H and O–H groups in total. The minimum absolute atomic E-state index is 0.0499. The van der Waals surface area contributed by atoms with Gasteiger partial charge >= 0.3 is 0 Å². The molecule has 0 aromatic heterocycles. The fourth-order valence-electron chi connectivity index (χ4n) is 6.18. The van der Waals surface area contributed by atoms with E-state index in [0.717, 1.165) is 11.8 Å². The lowest BCUT2D eigenvalue weighted by Crippen LogP contribution is -2.88. The van der Waals surface area contributed by atoms with Crippen LogP contribution in [-0.4, -0.2) is 45.2 Å². The summed E-state index contributed by atoms with van der Waals surface area (Å²) in [5.41, 5.74) is 3.00. The van der Waals surface area contributed by atoms with Crippen molar-refractivity contribution in [2.45, 2.75) is 56.4 Å². The molecule has 0 spiro atoms. The molecule has 10 nitrogen and oxygen atoms in total. The molecule has 3 aromatic carbocycles. The lowest BCUT2D eigenvalue weighted by Gasteiger charge is -2.25.